The van der Waals surface area contributed by atoms with Gasteiger partial charge in [0.05, 0.1) is 0 Å². The van der Waals surface area contributed by atoms with Crippen molar-refractivity contribution in [2.45, 2.75) is 51.5 Å². The van der Waals surface area contributed by atoms with Gasteiger partial charge in [-0.3, -0.25) is 9.88 Å². The van der Waals surface area contributed by atoms with Gasteiger partial charge in [-0.1, -0.05) is 12.1 Å². The first kappa shape index (κ1) is 30.8. The molecule has 0 bridgehead atoms. The maximum Gasteiger partial charge on any atom is 0.326 e. The first-order chi connectivity index (χ1) is 21.5. The normalized spacial score (nSPS) is 13.1. The van der Waals surface area contributed by atoms with Crippen molar-refractivity contribution in [2.75, 3.05) is 43.4 Å². The van der Waals surface area contributed by atoms with Crippen LogP contribution < -0.4 is 15.4 Å². The molecule has 1 atom stereocenters. The van der Waals surface area contributed by atoms with Crippen LogP contribution >= 0.6 is 0 Å². The number of carboxylic acid groups (broad SMARTS) is 1. The van der Waals surface area contributed by atoms with Gasteiger partial charge in [0.2, 0.25) is 5.88 Å². The highest BCUT2D eigenvalue weighted by atomic mass is 16.5. The minimum Gasteiger partial charge on any atom is -0.480 e. The van der Waals surface area contributed by atoms with Crippen LogP contribution in [-0.4, -0.2) is 79.7 Å². The van der Waals surface area contributed by atoms with E-state index in [1.807, 2.05) is 37.3 Å². The fraction of sp³-hybridized carbons (Fsp3) is 0.394. The molecule has 0 aromatic carbocycles. The monoisotopic (exact) mass is 596 g/mol. The number of aliphatic carboxylic acids is 1. The van der Waals surface area contributed by atoms with E-state index in [0.29, 0.717) is 43.6 Å². The van der Waals surface area contributed by atoms with Gasteiger partial charge >= 0.3 is 5.97 Å². The van der Waals surface area contributed by atoms with E-state index in [2.05, 4.69) is 47.6 Å². The lowest BCUT2D eigenvalue weighted by atomic mass is 10.1. The van der Waals surface area contributed by atoms with E-state index in [9.17, 15) is 9.90 Å². The molecule has 0 saturated heterocycles. The van der Waals surface area contributed by atoms with Crippen LogP contribution in [0.4, 0.5) is 11.6 Å². The first-order valence-electron chi connectivity index (χ1n) is 15.3. The molecule has 0 fully saturated rings. The number of ether oxygens (including phenoxy) is 1. The molecule has 4 aromatic rings. The summed E-state index contributed by atoms with van der Waals surface area (Å²) in [6.45, 7) is 5.36. The van der Waals surface area contributed by atoms with E-state index >= 15 is 0 Å². The zero-order valence-corrected chi connectivity index (χ0v) is 25.2. The molecule has 230 valence electrons. The zero-order valence-electron chi connectivity index (χ0n) is 25.2. The third-order valence-corrected chi connectivity index (χ3v) is 7.55. The summed E-state index contributed by atoms with van der Waals surface area (Å²) in [6, 6.07) is 14.5. The van der Waals surface area contributed by atoms with Gasteiger partial charge in [0.1, 0.15) is 24.3 Å². The summed E-state index contributed by atoms with van der Waals surface area (Å²) in [5, 5.41) is 16.6. The lowest BCUT2D eigenvalue weighted by Crippen LogP contribution is -2.37. The van der Waals surface area contributed by atoms with Crippen molar-refractivity contribution in [3.05, 3.63) is 84.1 Å². The zero-order chi connectivity index (χ0) is 30.6. The van der Waals surface area contributed by atoms with Crippen LogP contribution in [0.2, 0.25) is 0 Å². The van der Waals surface area contributed by atoms with E-state index in [-0.39, 0.29) is 0 Å². The second-order valence-corrected chi connectivity index (χ2v) is 10.9. The molecular formula is C33H40N8O3. The molecular weight excluding hydrogens is 556 g/mol. The Labute approximate surface area is 258 Å². The van der Waals surface area contributed by atoms with Gasteiger partial charge in [-0.05, 0) is 81.8 Å². The number of fused-ring (bicyclic) bond motifs is 1. The molecule has 1 aliphatic rings. The van der Waals surface area contributed by atoms with Crippen LogP contribution in [0.5, 0.6) is 5.88 Å². The molecule has 5 heterocycles. The van der Waals surface area contributed by atoms with E-state index in [4.69, 9.17) is 9.72 Å². The molecule has 0 spiro atoms. The molecule has 0 unspecified atom stereocenters. The smallest absolute Gasteiger partial charge is 0.326 e. The van der Waals surface area contributed by atoms with Crippen LogP contribution in [0.3, 0.4) is 0 Å². The van der Waals surface area contributed by atoms with Crippen molar-refractivity contribution < 1.29 is 14.6 Å². The van der Waals surface area contributed by atoms with Crippen molar-refractivity contribution in [3.63, 3.8) is 0 Å². The number of aryl methyl sites for hydroxylation is 3. The van der Waals surface area contributed by atoms with E-state index in [1.54, 1.807) is 24.7 Å². The minimum absolute atomic E-state index is 0.393. The van der Waals surface area contributed by atoms with E-state index in [0.717, 1.165) is 68.0 Å². The van der Waals surface area contributed by atoms with Gasteiger partial charge in [0.25, 0.3) is 0 Å². The topological polar surface area (TPSA) is 138 Å². The van der Waals surface area contributed by atoms with Crippen LogP contribution in [0.25, 0.3) is 11.4 Å². The quantitative estimate of drug-likeness (QED) is 0.156. The maximum absolute atomic E-state index is 12.3. The van der Waals surface area contributed by atoms with Crippen LogP contribution in [0.1, 0.15) is 42.6 Å². The molecule has 0 radical (unpaired) electrons. The SMILES string of the molecule is Cc1cc(N[C@@H](CCN(CCCCc2ccc3c(n2)NCCC3)CCOc2ccccn2)C(=O)O)nc(-c2ccncc2)n1. The lowest BCUT2D eigenvalue weighted by molar-refractivity contribution is -0.138. The predicted octanol–water partition coefficient (Wildman–Crippen LogP) is 4.65. The number of hydrogen-bond donors (Lipinski definition) is 3. The number of carbonyl (C=O) groups is 1. The summed E-state index contributed by atoms with van der Waals surface area (Å²) in [7, 11) is 0. The maximum atomic E-state index is 12.3. The van der Waals surface area contributed by atoms with Crippen molar-refractivity contribution in [3.8, 4) is 17.3 Å². The van der Waals surface area contributed by atoms with Crippen molar-refractivity contribution in [1.82, 2.24) is 29.8 Å². The number of unbranched alkanes of at least 4 members (excludes halogenated alkanes) is 1. The van der Waals surface area contributed by atoms with Gasteiger partial charge in [0.15, 0.2) is 5.82 Å². The second-order valence-electron chi connectivity index (χ2n) is 10.9. The Morgan fingerprint density at radius 2 is 1.93 bits per heavy atom. The molecule has 11 heteroatoms. The fourth-order valence-electron chi connectivity index (χ4n) is 5.22. The van der Waals surface area contributed by atoms with Crippen molar-refractivity contribution in [2.24, 2.45) is 0 Å². The summed E-state index contributed by atoms with van der Waals surface area (Å²) >= 11 is 0. The van der Waals surface area contributed by atoms with Crippen LogP contribution in [0.15, 0.2) is 67.1 Å². The number of anilines is 2. The second kappa shape index (κ2) is 15.7. The number of aromatic nitrogens is 5. The molecule has 0 aliphatic carbocycles. The van der Waals surface area contributed by atoms with Gasteiger partial charge in [0, 0.05) is 67.3 Å². The number of rotatable bonds is 16. The standard InChI is InChI=1S/C33H40N8O3/c1-24-23-29(40-32(37-24)26-12-17-34-18-13-26)39-28(33(42)43)14-20-41(21-22-44-30-9-2-4-15-35-30)19-5-3-8-27-11-10-25-7-6-16-36-31(25)38-27/h2,4,9-13,15,17-18,23,28H,3,5-8,14,16,19-22H2,1H3,(H,36,38)(H,42,43)(H,37,39,40)/t28-/m0/s1. The highest BCUT2D eigenvalue weighted by Gasteiger charge is 2.20. The van der Waals surface area contributed by atoms with Gasteiger partial charge in [-0.25, -0.2) is 24.7 Å². The average Bonchev–Trinajstić information content (AvgIpc) is 3.05. The Morgan fingerprint density at radius 1 is 1.05 bits per heavy atom. The molecule has 1 aliphatic heterocycles. The van der Waals surface area contributed by atoms with Gasteiger partial charge in [-0.2, -0.15) is 0 Å². The number of hydrogen-bond acceptors (Lipinski definition) is 10. The van der Waals surface area contributed by atoms with Gasteiger partial charge in [-0.15, -0.1) is 0 Å². The molecule has 0 saturated carbocycles. The number of nitrogens with zero attached hydrogens (tertiary/aromatic N) is 6. The van der Waals surface area contributed by atoms with Crippen molar-refractivity contribution in [1.29, 1.82) is 0 Å². The summed E-state index contributed by atoms with van der Waals surface area (Å²) in [5.41, 5.74) is 3.96. The van der Waals surface area contributed by atoms with E-state index in [1.165, 1.54) is 5.56 Å². The Hall–Kier alpha value is -4.64. The molecule has 5 rings (SSSR count). The number of carboxylic acids is 1. The first-order valence-corrected chi connectivity index (χ1v) is 15.3. The van der Waals surface area contributed by atoms with Gasteiger partial charge < -0.3 is 20.5 Å². The largest absolute Gasteiger partial charge is 0.480 e. The Morgan fingerprint density at radius 3 is 2.75 bits per heavy atom. The Bertz CT molecular complexity index is 1490. The summed E-state index contributed by atoms with van der Waals surface area (Å²) in [6.07, 6.45) is 10.5. The molecule has 0 amide bonds. The average molecular weight is 597 g/mol. The summed E-state index contributed by atoms with van der Waals surface area (Å²) < 4.78 is 5.86. The summed E-state index contributed by atoms with van der Waals surface area (Å²) in [5.74, 6) is 1.68. The molecule has 4 aromatic heterocycles. The Balaban J connectivity index is 1.18. The van der Waals surface area contributed by atoms with E-state index < -0.39 is 12.0 Å². The molecule has 44 heavy (non-hydrogen) atoms. The molecule has 3 N–H and O–H groups in total. The summed E-state index contributed by atoms with van der Waals surface area (Å²) in [4.78, 5) is 36.8. The number of pyridine rings is 3. The fourth-order valence-corrected chi connectivity index (χ4v) is 5.22. The van der Waals surface area contributed by atoms with Crippen LogP contribution in [-0.2, 0) is 17.6 Å². The highest BCUT2D eigenvalue weighted by Crippen LogP contribution is 2.21. The lowest BCUT2D eigenvalue weighted by Gasteiger charge is -2.24. The predicted molar refractivity (Wildman–Crippen MR) is 170 cm³/mol. The third-order valence-electron chi connectivity index (χ3n) is 7.55. The number of nitrogens with one attached hydrogen (secondary N) is 2. The van der Waals surface area contributed by atoms with Crippen molar-refractivity contribution >= 4 is 17.6 Å². The van der Waals surface area contributed by atoms with Crippen LogP contribution in [0, 0.1) is 6.92 Å². The Kier molecular flexibility index (Phi) is 11.0. The highest BCUT2D eigenvalue weighted by molar-refractivity contribution is 5.77. The minimum atomic E-state index is -0.927. The third kappa shape index (κ3) is 9.18. The molecule has 11 nitrogen and oxygen atoms in total.